The molecule has 1 aromatic heterocycles. The van der Waals surface area contributed by atoms with E-state index in [0.717, 1.165) is 11.5 Å². The van der Waals surface area contributed by atoms with Crippen molar-refractivity contribution in [3.05, 3.63) is 18.0 Å². The third-order valence-corrected chi connectivity index (χ3v) is 6.03. The second kappa shape index (κ2) is 7.89. The van der Waals surface area contributed by atoms with Gasteiger partial charge in [-0.15, -0.1) is 12.4 Å². The Balaban J connectivity index is 0.00000264. The van der Waals surface area contributed by atoms with Gasteiger partial charge in [0.2, 0.25) is 10.0 Å². The Morgan fingerprint density at radius 3 is 2.61 bits per heavy atom. The van der Waals surface area contributed by atoms with Crippen molar-refractivity contribution in [2.75, 3.05) is 31.1 Å². The van der Waals surface area contributed by atoms with E-state index in [0.29, 0.717) is 19.6 Å². The Kier molecular flexibility index (Phi) is 6.96. The maximum Gasteiger partial charge on any atom is 0.267 e. The average Bonchev–Trinajstić information content (AvgIpc) is 2.95. The number of hydrogen-bond acceptors (Lipinski definition) is 5. The molecule has 0 saturated carbocycles. The number of rotatable bonds is 5. The lowest BCUT2D eigenvalue weighted by Crippen LogP contribution is -2.45. The Hall–Kier alpha value is -0.740. The Labute approximate surface area is 147 Å². The van der Waals surface area contributed by atoms with Crippen molar-refractivity contribution in [3.63, 3.8) is 0 Å². The zero-order valence-electron chi connectivity index (χ0n) is 13.2. The maximum atomic E-state index is 12.5. The van der Waals surface area contributed by atoms with Crippen molar-refractivity contribution in [2.45, 2.75) is 24.3 Å². The van der Waals surface area contributed by atoms with Gasteiger partial charge in [-0.05, 0) is 19.9 Å². The van der Waals surface area contributed by atoms with Crippen LogP contribution in [-0.4, -0.2) is 60.3 Å². The van der Waals surface area contributed by atoms with Crippen molar-refractivity contribution in [1.82, 2.24) is 14.6 Å². The number of aromatic nitrogens is 1. The molecule has 0 aliphatic carbocycles. The van der Waals surface area contributed by atoms with E-state index in [4.69, 9.17) is 5.73 Å². The molecule has 0 atom stereocenters. The van der Waals surface area contributed by atoms with Gasteiger partial charge in [-0.2, -0.15) is 16.1 Å². The van der Waals surface area contributed by atoms with Gasteiger partial charge in [0.05, 0.1) is 0 Å². The lowest BCUT2D eigenvalue weighted by molar-refractivity contribution is 0.0941. The van der Waals surface area contributed by atoms with Crippen LogP contribution in [-0.2, 0) is 10.0 Å². The number of aromatic amines is 1. The number of nitrogens with two attached hydrogens (primary N) is 1. The third-order valence-electron chi connectivity index (χ3n) is 3.21. The van der Waals surface area contributed by atoms with Gasteiger partial charge >= 0.3 is 0 Å². The van der Waals surface area contributed by atoms with E-state index in [1.165, 1.54) is 16.6 Å². The molecule has 1 fully saturated rings. The third kappa shape index (κ3) is 5.39. The molecule has 7 nitrogen and oxygen atoms in total. The zero-order valence-corrected chi connectivity index (χ0v) is 15.6. The predicted octanol–water partition coefficient (Wildman–Crippen LogP) is 0.641. The van der Waals surface area contributed by atoms with Crippen molar-refractivity contribution >= 4 is 40.1 Å². The summed E-state index contributed by atoms with van der Waals surface area (Å²) in [6.07, 6.45) is 1.36. The van der Waals surface area contributed by atoms with Crippen LogP contribution in [0.3, 0.4) is 0 Å². The summed E-state index contributed by atoms with van der Waals surface area (Å²) in [6.45, 7) is 4.90. The molecule has 23 heavy (non-hydrogen) atoms. The maximum absolute atomic E-state index is 12.5. The first-order valence-corrected chi connectivity index (χ1v) is 9.63. The summed E-state index contributed by atoms with van der Waals surface area (Å²) in [6, 6.07) is 1.37. The molecule has 0 unspecified atom stereocenters. The first-order chi connectivity index (χ1) is 10.2. The van der Waals surface area contributed by atoms with Crippen LogP contribution in [0.5, 0.6) is 0 Å². The van der Waals surface area contributed by atoms with Crippen LogP contribution in [0.25, 0.3) is 0 Å². The number of amides is 1. The normalized spacial score (nSPS) is 16.7. The summed E-state index contributed by atoms with van der Waals surface area (Å²) in [5, 5.41) is 2.68. The molecule has 2 heterocycles. The molecule has 1 aliphatic heterocycles. The van der Waals surface area contributed by atoms with E-state index in [-0.39, 0.29) is 28.9 Å². The quantitative estimate of drug-likeness (QED) is 0.692. The van der Waals surface area contributed by atoms with E-state index < -0.39 is 15.6 Å². The number of hydrogen-bond donors (Lipinski definition) is 3. The van der Waals surface area contributed by atoms with Gasteiger partial charge in [0.25, 0.3) is 5.91 Å². The largest absolute Gasteiger partial charge is 0.356 e. The van der Waals surface area contributed by atoms with Crippen molar-refractivity contribution in [2.24, 2.45) is 5.73 Å². The number of sulfonamides is 1. The zero-order chi connectivity index (χ0) is 16.4. The number of thioether (sulfide) groups is 1. The van der Waals surface area contributed by atoms with Crippen LogP contribution < -0.4 is 11.1 Å². The van der Waals surface area contributed by atoms with Crippen LogP contribution in [0.4, 0.5) is 0 Å². The monoisotopic (exact) mass is 382 g/mol. The molecular weight excluding hydrogens is 360 g/mol. The number of halogens is 1. The van der Waals surface area contributed by atoms with Gasteiger partial charge in [0.15, 0.2) is 0 Å². The van der Waals surface area contributed by atoms with Crippen molar-refractivity contribution in [1.29, 1.82) is 0 Å². The lowest BCUT2D eigenvalue weighted by atomic mass is 10.1. The van der Waals surface area contributed by atoms with Crippen molar-refractivity contribution in [3.8, 4) is 0 Å². The minimum absolute atomic E-state index is 0. The highest BCUT2D eigenvalue weighted by atomic mass is 35.5. The minimum atomic E-state index is -3.53. The van der Waals surface area contributed by atoms with E-state index in [1.807, 2.05) is 0 Å². The highest BCUT2D eigenvalue weighted by Gasteiger charge is 2.27. The van der Waals surface area contributed by atoms with Crippen LogP contribution in [0.15, 0.2) is 17.2 Å². The fraction of sp³-hybridized carbons (Fsp3) is 0.615. The summed E-state index contributed by atoms with van der Waals surface area (Å²) in [4.78, 5) is 14.8. The van der Waals surface area contributed by atoms with Gasteiger partial charge in [-0.1, -0.05) is 0 Å². The second-order valence-electron chi connectivity index (χ2n) is 5.94. The lowest BCUT2D eigenvalue weighted by Gasteiger charge is -2.24. The van der Waals surface area contributed by atoms with E-state index in [1.54, 1.807) is 25.6 Å². The topological polar surface area (TPSA) is 108 Å². The molecule has 2 rings (SSSR count). The predicted molar refractivity (Wildman–Crippen MR) is 94.7 cm³/mol. The number of nitrogens with one attached hydrogen (secondary N) is 2. The highest BCUT2D eigenvalue weighted by molar-refractivity contribution is 7.99. The fourth-order valence-electron chi connectivity index (χ4n) is 1.99. The summed E-state index contributed by atoms with van der Waals surface area (Å²) in [5.41, 5.74) is 5.50. The van der Waals surface area contributed by atoms with Crippen LogP contribution in [0, 0.1) is 0 Å². The van der Waals surface area contributed by atoms with E-state index >= 15 is 0 Å². The smallest absolute Gasteiger partial charge is 0.267 e. The molecule has 1 aromatic rings. The molecule has 10 heteroatoms. The van der Waals surface area contributed by atoms with Gasteiger partial charge in [-0.3, -0.25) is 4.79 Å². The van der Waals surface area contributed by atoms with Crippen LogP contribution in [0.2, 0.25) is 0 Å². The second-order valence-corrected chi connectivity index (χ2v) is 9.10. The first kappa shape index (κ1) is 20.3. The van der Waals surface area contributed by atoms with Crippen molar-refractivity contribution < 1.29 is 13.2 Å². The molecule has 0 spiro atoms. The number of carbonyl (C=O) groups excluding carboxylic acids is 1. The number of carbonyl (C=O) groups is 1. The molecule has 4 N–H and O–H groups in total. The average molecular weight is 383 g/mol. The highest BCUT2D eigenvalue weighted by Crippen LogP contribution is 2.20. The summed E-state index contributed by atoms with van der Waals surface area (Å²) in [7, 11) is -3.53. The number of nitrogens with zero attached hydrogens (tertiary/aromatic N) is 1. The SMILES string of the molecule is CC(C)(N)CNC(=O)c1cc(S(=O)(=O)N2CCSCC2)c[nH]1.Cl. The van der Waals surface area contributed by atoms with E-state index in [2.05, 4.69) is 10.3 Å². The molecular formula is C13H23ClN4O3S2. The molecule has 1 aliphatic rings. The molecule has 0 aromatic carbocycles. The summed E-state index contributed by atoms with van der Waals surface area (Å²) in [5.74, 6) is 1.22. The molecule has 132 valence electrons. The Bertz CT molecular complexity index is 634. The van der Waals surface area contributed by atoms with Crippen LogP contribution in [0.1, 0.15) is 24.3 Å². The fourth-order valence-corrected chi connectivity index (χ4v) is 4.56. The molecule has 0 radical (unpaired) electrons. The Morgan fingerprint density at radius 2 is 2.04 bits per heavy atom. The first-order valence-electron chi connectivity index (χ1n) is 7.03. The number of H-pyrrole nitrogens is 1. The van der Waals surface area contributed by atoms with Gasteiger partial charge in [0, 0.05) is 42.9 Å². The van der Waals surface area contributed by atoms with Gasteiger partial charge in [-0.25, -0.2) is 8.42 Å². The van der Waals surface area contributed by atoms with E-state index in [9.17, 15) is 13.2 Å². The molecule has 1 amide bonds. The standard InChI is InChI=1S/C13H22N4O3S2.ClH/c1-13(2,14)9-16-12(18)11-7-10(8-15-11)22(19,20)17-3-5-21-6-4-17;/h7-8,15H,3-6,9,14H2,1-2H3,(H,16,18);1H. The van der Waals surface area contributed by atoms with Gasteiger partial charge < -0.3 is 16.0 Å². The molecule has 1 saturated heterocycles. The van der Waals surface area contributed by atoms with Crippen LogP contribution >= 0.6 is 24.2 Å². The minimum Gasteiger partial charge on any atom is -0.356 e. The summed E-state index contributed by atoms with van der Waals surface area (Å²) < 4.78 is 26.4. The molecule has 0 bridgehead atoms. The summed E-state index contributed by atoms with van der Waals surface area (Å²) >= 11 is 1.74. The van der Waals surface area contributed by atoms with Gasteiger partial charge in [0.1, 0.15) is 10.6 Å². The Morgan fingerprint density at radius 1 is 1.43 bits per heavy atom.